The van der Waals surface area contributed by atoms with E-state index in [9.17, 15) is 0 Å². The van der Waals surface area contributed by atoms with E-state index in [1.807, 2.05) is 30.3 Å². The molecule has 1 aliphatic carbocycles. The summed E-state index contributed by atoms with van der Waals surface area (Å²) in [6, 6.07) is 12.4. The van der Waals surface area contributed by atoms with E-state index < -0.39 is 0 Å². The fourth-order valence-electron chi connectivity index (χ4n) is 6.01. The lowest BCUT2D eigenvalue weighted by Crippen LogP contribution is -2.33. The Morgan fingerprint density at radius 2 is 1.53 bits per heavy atom. The molecule has 3 heterocycles. The van der Waals surface area contributed by atoms with E-state index in [0.29, 0.717) is 41.6 Å². The number of methoxy groups -OCH3 is 2. The topological polar surface area (TPSA) is 106 Å². The SMILES string of the molecule is C#CC1(CNCc2ncc(-c3cccc(-c4cccc(-c5cnc(CNC[C@@H]6CCC(=C)N6)c(OC)n5)c4C)c3Cl)nc2OC)CC1. The predicted octanol–water partition coefficient (Wildman–Crippen LogP) is 6.10. The zero-order chi connectivity index (χ0) is 33.0. The van der Waals surface area contributed by atoms with Crippen molar-refractivity contribution in [3.8, 4) is 57.7 Å². The first-order chi connectivity index (χ1) is 22.8. The Morgan fingerprint density at radius 1 is 0.936 bits per heavy atom. The van der Waals surface area contributed by atoms with Crippen LogP contribution in [0.15, 0.2) is 61.1 Å². The molecule has 1 atom stereocenters. The molecule has 1 saturated heterocycles. The first kappa shape index (κ1) is 32.5. The van der Waals surface area contributed by atoms with Gasteiger partial charge in [-0.05, 0) is 43.7 Å². The van der Waals surface area contributed by atoms with Crippen LogP contribution in [0.3, 0.4) is 0 Å². The van der Waals surface area contributed by atoms with Crippen LogP contribution in [0.2, 0.25) is 5.02 Å². The highest BCUT2D eigenvalue weighted by atomic mass is 35.5. The van der Waals surface area contributed by atoms with Crippen molar-refractivity contribution in [1.82, 2.24) is 35.9 Å². The molecule has 0 amide bonds. The Balaban J connectivity index is 1.22. The third kappa shape index (κ3) is 7.10. The summed E-state index contributed by atoms with van der Waals surface area (Å²) in [4.78, 5) is 19.0. The Labute approximate surface area is 281 Å². The zero-order valence-electron chi connectivity index (χ0n) is 27.1. The van der Waals surface area contributed by atoms with E-state index in [0.717, 1.165) is 89.4 Å². The summed E-state index contributed by atoms with van der Waals surface area (Å²) >= 11 is 7.11. The summed E-state index contributed by atoms with van der Waals surface area (Å²) in [6.07, 6.45) is 13.4. The molecule has 2 aliphatic rings. The maximum atomic E-state index is 7.11. The van der Waals surface area contributed by atoms with Gasteiger partial charge in [0.05, 0.1) is 43.0 Å². The van der Waals surface area contributed by atoms with E-state index in [1.54, 1.807) is 26.6 Å². The third-order valence-corrected chi connectivity index (χ3v) is 9.39. The van der Waals surface area contributed by atoms with Crippen LogP contribution >= 0.6 is 11.6 Å². The van der Waals surface area contributed by atoms with Crippen molar-refractivity contribution in [3.63, 3.8) is 0 Å². The maximum absolute atomic E-state index is 7.11. The number of halogens is 1. The van der Waals surface area contributed by atoms with Crippen molar-refractivity contribution < 1.29 is 9.47 Å². The van der Waals surface area contributed by atoms with Crippen LogP contribution in [0.25, 0.3) is 33.6 Å². The number of aromatic nitrogens is 4. The summed E-state index contributed by atoms with van der Waals surface area (Å²) in [7, 11) is 3.22. The Morgan fingerprint density at radius 3 is 2.13 bits per heavy atom. The highest BCUT2D eigenvalue weighted by molar-refractivity contribution is 6.36. The first-order valence-electron chi connectivity index (χ1n) is 15.9. The van der Waals surface area contributed by atoms with Crippen molar-refractivity contribution in [2.75, 3.05) is 27.3 Å². The maximum Gasteiger partial charge on any atom is 0.237 e. The average molecular weight is 650 g/mol. The molecule has 2 aromatic heterocycles. The van der Waals surface area contributed by atoms with E-state index in [1.165, 1.54) is 0 Å². The van der Waals surface area contributed by atoms with Gasteiger partial charge in [0.25, 0.3) is 0 Å². The molecule has 10 heteroatoms. The lowest BCUT2D eigenvalue weighted by Gasteiger charge is -2.16. The van der Waals surface area contributed by atoms with Gasteiger partial charge >= 0.3 is 0 Å². The molecular formula is C37H40ClN7O2. The van der Waals surface area contributed by atoms with Gasteiger partial charge in [-0.15, -0.1) is 6.42 Å². The minimum Gasteiger partial charge on any atom is -0.480 e. The van der Waals surface area contributed by atoms with Crippen molar-refractivity contribution in [2.24, 2.45) is 5.41 Å². The number of allylic oxidation sites excluding steroid dienone is 1. The molecule has 0 unspecified atom stereocenters. The molecular weight excluding hydrogens is 610 g/mol. The average Bonchev–Trinajstić information content (AvgIpc) is 3.76. The summed E-state index contributed by atoms with van der Waals surface area (Å²) in [6.45, 7) is 8.72. The van der Waals surface area contributed by atoms with Gasteiger partial charge in [0.2, 0.25) is 11.8 Å². The molecule has 4 aromatic rings. The monoisotopic (exact) mass is 649 g/mol. The fourth-order valence-corrected chi connectivity index (χ4v) is 6.33. The molecule has 2 fully saturated rings. The van der Waals surface area contributed by atoms with Crippen LogP contribution < -0.4 is 25.4 Å². The van der Waals surface area contributed by atoms with Gasteiger partial charge in [-0.25, -0.2) is 9.97 Å². The van der Waals surface area contributed by atoms with Crippen LogP contribution in [-0.2, 0) is 13.1 Å². The molecule has 6 rings (SSSR count). The summed E-state index contributed by atoms with van der Waals surface area (Å²) in [5, 5.41) is 10.9. The van der Waals surface area contributed by atoms with Crippen molar-refractivity contribution >= 4 is 11.6 Å². The molecule has 242 valence electrons. The van der Waals surface area contributed by atoms with Crippen LogP contribution in [0, 0.1) is 24.7 Å². The second kappa shape index (κ2) is 14.1. The van der Waals surface area contributed by atoms with Crippen molar-refractivity contribution in [1.29, 1.82) is 0 Å². The second-order valence-corrected chi connectivity index (χ2v) is 12.6. The highest BCUT2D eigenvalue weighted by Gasteiger charge is 2.40. The summed E-state index contributed by atoms with van der Waals surface area (Å²) in [5.41, 5.74) is 8.49. The van der Waals surface area contributed by atoms with Gasteiger partial charge in [-0.1, -0.05) is 60.5 Å². The molecule has 3 N–H and O–H groups in total. The largest absolute Gasteiger partial charge is 0.480 e. The molecule has 0 spiro atoms. The van der Waals surface area contributed by atoms with Gasteiger partial charge < -0.3 is 25.4 Å². The zero-order valence-corrected chi connectivity index (χ0v) is 27.9. The Kier molecular flexibility index (Phi) is 9.73. The smallest absolute Gasteiger partial charge is 0.237 e. The predicted molar refractivity (Wildman–Crippen MR) is 186 cm³/mol. The third-order valence-electron chi connectivity index (χ3n) is 8.99. The molecule has 0 bridgehead atoms. The number of rotatable bonds is 13. The standard InChI is InChI=1S/C37H40ClN7O2/c1-6-37(15-16-37)22-40-19-33-36(47-5)45-31(21-42-33)29-12-8-11-28(34(29)38)26-9-7-10-27(24(26)3)30-20-41-32(35(44-30)46-4)18-39-17-25-14-13-23(2)43-25/h1,7-12,20-21,25,39-40,43H,2,13-19,22H2,3-5H3/t25-/m0/s1. The van der Waals surface area contributed by atoms with Gasteiger partial charge in [0, 0.05) is 60.0 Å². The van der Waals surface area contributed by atoms with E-state index in [-0.39, 0.29) is 5.41 Å². The second-order valence-electron chi connectivity index (χ2n) is 12.2. The Hall–Kier alpha value is -4.49. The number of nitrogens with zero attached hydrogens (tertiary/aromatic N) is 4. The van der Waals surface area contributed by atoms with Gasteiger partial charge in [0.1, 0.15) is 11.4 Å². The number of ether oxygens (including phenoxy) is 2. The quantitative estimate of drug-likeness (QED) is 0.148. The lowest BCUT2D eigenvalue weighted by molar-refractivity contribution is 0.386. The molecule has 9 nitrogen and oxygen atoms in total. The lowest BCUT2D eigenvalue weighted by atomic mass is 9.93. The minimum absolute atomic E-state index is 0.0211. The Bertz CT molecular complexity index is 1830. The summed E-state index contributed by atoms with van der Waals surface area (Å²) < 4.78 is 11.3. The molecule has 47 heavy (non-hydrogen) atoms. The van der Waals surface area contributed by atoms with Gasteiger partial charge in [0.15, 0.2) is 0 Å². The van der Waals surface area contributed by atoms with Gasteiger partial charge in [-0.2, -0.15) is 0 Å². The number of benzene rings is 2. The number of nitrogens with one attached hydrogen (secondary N) is 3. The van der Waals surface area contributed by atoms with Gasteiger partial charge in [-0.3, -0.25) is 9.97 Å². The van der Waals surface area contributed by atoms with Crippen molar-refractivity contribution in [3.05, 3.63) is 83.0 Å². The van der Waals surface area contributed by atoms with E-state index in [4.69, 9.17) is 42.4 Å². The van der Waals surface area contributed by atoms with Crippen LogP contribution in [0.5, 0.6) is 11.8 Å². The first-order valence-corrected chi connectivity index (χ1v) is 16.2. The number of hydrogen-bond donors (Lipinski definition) is 3. The molecule has 0 radical (unpaired) electrons. The fraction of sp³-hybridized carbons (Fsp3) is 0.351. The minimum atomic E-state index is -0.0211. The number of hydrogen-bond acceptors (Lipinski definition) is 9. The van der Waals surface area contributed by atoms with Crippen molar-refractivity contribution in [2.45, 2.75) is 51.7 Å². The molecule has 2 aromatic carbocycles. The van der Waals surface area contributed by atoms with E-state index >= 15 is 0 Å². The molecule has 1 saturated carbocycles. The molecule has 1 aliphatic heterocycles. The normalized spacial score (nSPS) is 16.4. The van der Waals surface area contributed by atoms with E-state index in [2.05, 4.69) is 46.4 Å². The summed E-state index contributed by atoms with van der Waals surface area (Å²) in [5.74, 6) is 3.85. The number of terminal acetylenes is 1. The van der Waals surface area contributed by atoms with Crippen LogP contribution in [0.4, 0.5) is 0 Å². The van der Waals surface area contributed by atoms with Crippen LogP contribution in [0.1, 0.15) is 42.6 Å². The highest BCUT2D eigenvalue weighted by Crippen LogP contribution is 2.44. The van der Waals surface area contributed by atoms with Crippen LogP contribution in [-0.4, -0.2) is 53.3 Å².